The molecule has 0 saturated heterocycles. The van der Waals surface area contributed by atoms with E-state index < -0.39 is 95.7 Å². The minimum absolute atomic E-state index is 0.0839. The lowest BCUT2D eigenvalue weighted by Gasteiger charge is -2.55. The van der Waals surface area contributed by atoms with Crippen molar-refractivity contribution < 1.29 is 64.5 Å². The summed E-state index contributed by atoms with van der Waals surface area (Å²) in [5, 5.41) is 0. The Bertz CT molecular complexity index is 987. The predicted molar refractivity (Wildman–Crippen MR) is 143 cm³/mol. The third-order valence-corrected chi connectivity index (χ3v) is 7.90. The Labute approximate surface area is 249 Å². The molecule has 0 spiro atoms. The normalized spacial score (nSPS) is 15.7. The van der Waals surface area contributed by atoms with Crippen molar-refractivity contribution in [1.29, 1.82) is 0 Å². The van der Waals surface area contributed by atoms with Crippen LogP contribution < -0.4 is 0 Å². The smallest absolute Gasteiger partial charge is 0.422 e. The van der Waals surface area contributed by atoms with Gasteiger partial charge in [-0.05, 0) is 41.4 Å². The van der Waals surface area contributed by atoms with Crippen molar-refractivity contribution in [3.63, 3.8) is 0 Å². The molecule has 0 aromatic heterocycles. The number of alkyl halides is 6. The molecule has 0 fully saturated rings. The monoisotopic (exact) mass is 636 g/mol. The first kappa shape index (κ1) is 40.5. The summed E-state index contributed by atoms with van der Waals surface area (Å²) >= 11 is 0. The van der Waals surface area contributed by atoms with E-state index in [1.165, 1.54) is 0 Å². The summed E-state index contributed by atoms with van der Waals surface area (Å²) in [7, 11) is 0. The number of rotatable bonds is 13. The van der Waals surface area contributed by atoms with Crippen LogP contribution in [0.4, 0.5) is 26.3 Å². The van der Waals surface area contributed by atoms with Crippen LogP contribution in [-0.2, 0) is 38.1 Å². The van der Waals surface area contributed by atoms with Crippen LogP contribution in [0.25, 0.3) is 0 Å². The van der Waals surface area contributed by atoms with Gasteiger partial charge in [0.15, 0.2) is 26.4 Å². The minimum Gasteiger partial charge on any atom is -0.454 e. The van der Waals surface area contributed by atoms with Gasteiger partial charge in [-0.1, -0.05) is 69.2 Å². The number of esters is 4. The largest absolute Gasteiger partial charge is 0.454 e. The van der Waals surface area contributed by atoms with E-state index in [9.17, 15) is 45.5 Å². The summed E-state index contributed by atoms with van der Waals surface area (Å²) in [4.78, 5) is 50.3. The van der Waals surface area contributed by atoms with Crippen molar-refractivity contribution in [1.82, 2.24) is 0 Å². The lowest BCUT2D eigenvalue weighted by Crippen LogP contribution is -2.54. The first-order chi connectivity index (χ1) is 18.8. The molecule has 0 radical (unpaired) electrons. The van der Waals surface area contributed by atoms with Gasteiger partial charge in [0.1, 0.15) is 0 Å². The molecule has 0 amide bonds. The molecule has 0 aliphatic heterocycles. The summed E-state index contributed by atoms with van der Waals surface area (Å²) in [5.41, 5.74) is -4.50. The molecule has 0 N–H and O–H groups in total. The lowest BCUT2D eigenvalue weighted by molar-refractivity contribution is -0.194. The van der Waals surface area contributed by atoms with E-state index in [2.05, 4.69) is 9.47 Å². The van der Waals surface area contributed by atoms with Crippen molar-refractivity contribution in [2.75, 3.05) is 26.4 Å². The summed E-state index contributed by atoms with van der Waals surface area (Å²) in [5.74, 6) is -5.35. The van der Waals surface area contributed by atoms with Crippen molar-refractivity contribution in [2.24, 2.45) is 33.0 Å². The molecular weight excluding hydrogens is 590 g/mol. The standard InChI is InChI=1S/C29H46F6O8/c1-23(2,3)15-27(11,22(39)41-14-20(37)43-17-29(33,34)35)26(9,10)25(7,8)12-18(24(4,5)6)21(38)40-13-19(36)42-16-28(30,31)32/h18H,12-17H2,1-11H3. The molecule has 0 aromatic rings. The van der Waals surface area contributed by atoms with Gasteiger partial charge in [0.2, 0.25) is 0 Å². The maximum absolute atomic E-state index is 13.6. The quantitative estimate of drug-likeness (QED) is 0.123. The van der Waals surface area contributed by atoms with Gasteiger partial charge < -0.3 is 18.9 Å². The molecule has 0 rings (SSSR count). The third kappa shape index (κ3) is 13.3. The summed E-state index contributed by atoms with van der Waals surface area (Å²) in [6.07, 6.45) is -9.20. The fraction of sp³-hybridized carbons (Fsp3) is 0.862. The van der Waals surface area contributed by atoms with Crippen molar-refractivity contribution in [3.05, 3.63) is 0 Å². The van der Waals surface area contributed by atoms with E-state index in [1.54, 1.807) is 55.4 Å². The average molecular weight is 637 g/mol. The Morgan fingerprint density at radius 1 is 0.605 bits per heavy atom. The Balaban J connectivity index is 6.11. The minimum atomic E-state index is -4.75. The van der Waals surface area contributed by atoms with Gasteiger partial charge in [-0.25, -0.2) is 9.59 Å². The van der Waals surface area contributed by atoms with E-state index >= 15 is 0 Å². The number of hydrogen-bond donors (Lipinski definition) is 0. The Morgan fingerprint density at radius 3 is 1.35 bits per heavy atom. The molecule has 0 heterocycles. The van der Waals surface area contributed by atoms with E-state index in [0.717, 1.165) is 0 Å². The Hall–Kier alpha value is -2.54. The first-order valence-corrected chi connectivity index (χ1v) is 13.6. The second-order valence-corrected chi connectivity index (χ2v) is 14.4. The zero-order valence-electron chi connectivity index (χ0n) is 26.9. The average Bonchev–Trinajstić information content (AvgIpc) is 2.78. The molecule has 0 aromatic carbocycles. The number of halogens is 6. The van der Waals surface area contributed by atoms with Crippen LogP contribution in [0.1, 0.15) is 89.0 Å². The van der Waals surface area contributed by atoms with Crippen LogP contribution in [-0.4, -0.2) is 62.7 Å². The summed E-state index contributed by atoms with van der Waals surface area (Å²) < 4.78 is 92.7. The fourth-order valence-electron chi connectivity index (χ4n) is 4.79. The molecule has 252 valence electrons. The van der Waals surface area contributed by atoms with Crippen LogP contribution >= 0.6 is 0 Å². The van der Waals surface area contributed by atoms with Gasteiger partial charge in [-0.3, -0.25) is 9.59 Å². The van der Waals surface area contributed by atoms with Gasteiger partial charge in [0.25, 0.3) is 0 Å². The molecule has 8 nitrogen and oxygen atoms in total. The van der Waals surface area contributed by atoms with Gasteiger partial charge in [0, 0.05) is 0 Å². The van der Waals surface area contributed by atoms with Crippen LogP contribution in [0.3, 0.4) is 0 Å². The molecule has 2 unspecified atom stereocenters. The van der Waals surface area contributed by atoms with Crippen molar-refractivity contribution in [2.45, 2.75) is 101 Å². The highest BCUT2D eigenvalue weighted by Gasteiger charge is 2.58. The van der Waals surface area contributed by atoms with Gasteiger partial charge in [0.05, 0.1) is 11.3 Å². The fourth-order valence-corrected chi connectivity index (χ4v) is 4.79. The predicted octanol–water partition coefficient (Wildman–Crippen LogP) is 6.83. The molecule has 0 aliphatic rings. The maximum atomic E-state index is 13.6. The highest BCUT2D eigenvalue weighted by molar-refractivity contribution is 5.81. The molecule has 2 atom stereocenters. The topological polar surface area (TPSA) is 105 Å². The molecule has 0 aliphatic carbocycles. The number of carbonyl (C=O) groups excluding carboxylic acids is 4. The Kier molecular flexibility index (Phi) is 13.2. The number of ether oxygens (including phenoxy) is 4. The van der Waals surface area contributed by atoms with Gasteiger partial charge in [-0.2, -0.15) is 26.3 Å². The van der Waals surface area contributed by atoms with Crippen LogP contribution in [0, 0.1) is 33.0 Å². The van der Waals surface area contributed by atoms with Crippen molar-refractivity contribution >= 4 is 23.9 Å². The SMILES string of the molecule is CC(C)(C)CC(C)(C(=O)OCC(=O)OCC(F)(F)F)C(C)(C)C(C)(C)CC(C(=O)OCC(=O)OCC(F)(F)F)C(C)(C)C. The van der Waals surface area contributed by atoms with E-state index in [-0.39, 0.29) is 12.8 Å². The number of hydrogen-bond acceptors (Lipinski definition) is 8. The molecule has 43 heavy (non-hydrogen) atoms. The third-order valence-electron chi connectivity index (χ3n) is 7.90. The van der Waals surface area contributed by atoms with E-state index in [1.807, 2.05) is 20.8 Å². The van der Waals surface area contributed by atoms with Crippen LogP contribution in [0.5, 0.6) is 0 Å². The summed E-state index contributed by atoms with van der Waals surface area (Å²) in [6, 6.07) is 0. The second kappa shape index (κ2) is 14.0. The molecule has 14 heteroatoms. The van der Waals surface area contributed by atoms with E-state index in [4.69, 9.17) is 9.47 Å². The van der Waals surface area contributed by atoms with Gasteiger partial charge >= 0.3 is 36.2 Å². The lowest BCUT2D eigenvalue weighted by atomic mass is 9.49. The zero-order chi connectivity index (χ0) is 34.5. The maximum Gasteiger partial charge on any atom is 0.422 e. The molecular formula is C29H46F6O8. The zero-order valence-corrected chi connectivity index (χ0v) is 26.9. The van der Waals surface area contributed by atoms with Gasteiger partial charge in [-0.15, -0.1) is 0 Å². The van der Waals surface area contributed by atoms with Crippen LogP contribution in [0.2, 0.25) is 0 Å². The molecule has 0 saturated carbocycles. The number of carbonyl (C=O) groups is 4. The van der Waals surface area contributed by atoms with E-state index in [0.29, 0.717) is 0 Å². The molecule has 0 bridgehead atoms. The first-order valence-electron chi connectivity index (χ1n) is 13.6. The second-order valence-electron chi connectivity index (χ2n) is 14.4. The highest BCUT2D eigenvalue weighted by Crippen LogP contribution is 2.59. The summed E-state index contributed by atoms with van der Waals surface area (Å²) in [6.45, 7) is 13.8. The Morgan fingerprint density at radius 2 is 1.00 bits per heavy atom. The highest BCUT2D eigenvalue weighted by atomic mass is 19.4. The van der Waals surface area contributed by atoms with Crippen molar-refractivity contribution in [3.8, 4) is 0 Å². The van der Waals surface area contributed by atoms with Crippen LogP contribution in [0.15, 0.2) is 0 Å².